The zero-order valence-corrected chi connectivity index (χ0v) is 12.2. The Morgan fingerprint density at radius 2 is 1.11 bits per heavy atom. The van der Waals surface area contributed by atoms with E-state index in [-0.39, 0.29) is 0 Å². The summed E-state index contributed by atoms with van der Waals surface area (Å²) in [5, 5.41) is 0. The minimum atomic E-state index is 0.809. The molecule has 18 heavy (non-hydrogen) atoms. The van der Waals surface area contributed by atoms with Crippen LogP contribution in [0.1, 0.15) is 33.6 Å². The number of benzene rings is 2. The third-order valence-corrected chi connectivity index (χ3v) is 7.81. The Hall–Kier alpha value is -0.700. The molecule has 90 valence electrons. The number of rotatable bonds is 1. The molecule has 4 unspecified atom stereocenters. The normalized spacial score (nSPS) is 27.6. The second kappa shape index (κ2) is 4.44. The van der Waals surface area contributed by atoms with Crippen LogP contribution in [0, 0.1) is 0 Å². The van der Waals surface area contributed by atoms with Crippen molar-refractivity contribution in [3.63, 3.8) is 0 Å². The molecule has 2 aromatic rings. The van der Waals surface area contributed by atoms with Gasteiger partial charge in [-0.05, 0) is 34.6 Å². The Morgan fingerprint density at radius 1 is 0.667 bits per heavy atom. The van der Waals surface area contributed by atoms with Gasteiger partial charge in [-0.15, -0.1) is 17.2 Å². The molecule has 0 nitrogen and oxygen atoms in total. The van der Waals surface area contributed by atoms with Gasteiger partial charge in [0.05, 0.1) is 0 Å². The summed E-state index contributed by atoms with van der Waals surface area (Å²) in [5.74, 6) is 0. The summed E-state index contributed by atoms with van der Waals surface area (Å²) in [5.41, 5.74) is 8.12. The Morgan fingerprint density at radius 3 is 1.61 bits per heavy atom. The molecule has 2 heterocycles. The molecule has 0 saturated heterocycles. The molecule has 0 radical (unpaired) electrons. The van der Waals surface area contributed by atoms with Gasteiger partial charge in [0.2, 0.25) is 0 Å². The molecular formula is C16H16P2. The number of hydrogen-bond acceptors (Lipinski definition) is 0. The van der Waals surface area contributed by atoms with E-state index in [9.17, 15) is 0 Å². The zero-order valence-electron chi connectivity index (χ0n) is 10.2. The Labute approximate surface area is 112 Å². The zero-order chi connectivity index (χ0) is 11.9. The van der Waals surface area contributed by atoms with E-state index >= 15 is 0 Å². The van der Waals surface area contributed by atoms with Crippen molar-refractivity contribution in [1.82, 2.24) is 0 Å². The molecule has 0 N–H and O–H groups in total. The summed E-state index contributed by atoms with van der Waals surface area (Å²) >= 11 is 0. The van der Waals surface area contributed by atoms with Crippen molar-refractivity contribution >= 4 is 17.2 Å². The van der Waals surface area contributed by atoms with E-state index in [2.05, 4.69) is 48.5 Å². The van der Waals surface area contributed by atoms with Crippen LogP contribution >= 0.6 is 17.2 Å². The maximum absolute atomic E-state index is 2.37. The topological polar surface area (TPSA) is 0 Å². The van der Waals surface area contributed by atoms with Crippen LogP contribution in [-0.2, 0) is 12.3 Å². The van der Waals surface area contributed by atoms with Crippen molar-refractivity contribution in [2.45, 2.75) is 23.6 Å². The highest BCUT2D eigenvalue weighted by atomic mass is 31.1. The lowest BCUT2D eigenvalue weighted by atomic mass is 9.98. The monoisotopic (exact) mass is 270 g/mol. The highest BCUT2D eigenvalue weighted by Crippen LogP contribution is 2.63. The first kappa shape index (κ1) is 11.2. The van der Waals surface area contributed by atoms with E-state index < -0.39 is 0 Å². The van der Waals surface area contributed by atoms with Crippen molar-refractivity contribution in [3.8, 4) is 0 Å². The number of fused-ring (bicyclic) bond motifs is 2. The van der Waals surface area contributed by atoms with Gasteiger partial charge in [0.1, 0.15) is 0 Å². The third-order valence-electron chi connectivity index (χ3n) is 4.14. The fourth-order valence-corrected chi connectivity index (χ4v) is 7.32. The molecule has 2 aromatic carbocycles. The van der Waals surface area contributed by atoms with Crippen molar-refractivity contribution in [2.24, 2.45) is 0 Å². The van der Waals surface area contributed by atoms with Crippen LogP contribution in [0.15, 0.2) is 48.5 Å². The summed E-state index contributed by atoms with van der Waals surface area (Å²) in [7, 11) is 2.18. The second-order valence-corrected chi connectivity index (χ2v) is 7.88. The van der Waals surface area contributed by atoms with Gasteiger partial charge in [0.15, 0.2) is 0 Å². The molecule has 0 amide bonds. The molecule has 2 aliphatic rings. The van der Waals surface area contributed by atoms with E-state index in [0.29, 0.717) is 0 Å². The molecular weight excluding hydrogens is 254 g/mol. The predicted molar refractivity (Wildman–Crippen MR) is 82.4 cm³/mol. The summed E-state index contributed by atoms with van der Waals surface area (Å²) in [6, 6.07) is 18.2. The van der Waals surface area contributed by atoms with Gasteiger partial charge in [-0.3, -0.25) is 0 Å². The highest BCUT2D eigenvalue weighted by Gasteiger charge is 2.34. The third kappa shape index (κ3) is 1.67. The largest absolute Gasteiger partial charge is 0.109 e. The lowest BCUT2D eigenvalue weighted by Crippen LogP contribution is -1.98. The summed E-state index contributed by atoms with van der Waals surface area (Å²) in [6.45, 7) is 0. The average molecular weight is 270 g/mol. The predicted octanol–water partition coefficient (Wildman–Crippen LogP) is 4.85. The van der Waals surface area contributed by atoms with Crippen molar-refractivity contribution in [3.05, 3.63) is 70.8 Å². The Kier molecular flexibility index (Phi) is 2.75. The molecule has 0 spiro atoms. The lowest BCUT2D eigenvalue weighted by molar-refractivity contribution is 0.912. The van der Waals surface area contributed by atoms with Gasteiger partial charge in [0.25, 0.3) is 0 Å². The maximum atomic E-state index is 2.37. The van der Waals surface area contributed by atoms with Crippen molar-refractivity contribution in [1.29, 1.82) is 0 Å². The van der Waals surface area contributed by atoms with Crippen LogP contribution in [0.25, 0.3) is 0 Å². The molecule has 0 saturated carbocycles. The Bertz CT molecular complexity index is 538. The van der Waals surface area contributed by atoms with Gasteiger partial charge in [-0.2, -0.15) is 0 Å². The lowest BCUT2D eigenvalue weighted by Gasteiger charge is -2.20. The van der Waals surface area contributed by atoms with Crippen LogP contribution in [0.4, 0.5) is 0 Å². The van der Waals surface area contributed by atoms with Crippen LogP contribution in [0.2, 0.25) is 0 Å². The quantitative estimate of drug-likeness (QED) is 0.649. The van der Waals surface area contributed by atoms with Gasteiger partial charge in [-0.25, -0.2) is 0 Å². The molecule has 4 rings (SSSR count). The summed E-state index contributed by atoms with van der Waals surface area (Å²) in [4.78, 5) is 0. The maximum Gasteiger partial charge on any atom is 0.0126 e. The Balaban J connectivity index is 1.75. The van der Waals surface area contributed by atoms with E-state index in [1.807, 2.05) is 0 Å². The minimum Gasteiger partial charge on any atom is -0.109 e. The van der Waals surface area contributed by atoms with Crippen LogP contribution < -0.4 is 0 Å². The van der Waals surface area contributed by atoms with Crippen molar-refractivity contribution < 1.29 is 0 Å². The van der Waals surface area contributed by atoms with Gasteiger partial charge in [-0.1, -0.05) is 48.5 Å². The van der Waals surface area contributed by atoms with Crippen LogP contribution in [0.5, 0.6) is 0 Å². The summed E-state index contributed by atoms with van der Waals surface area (Å²) in [6.07, 6.45) is 2.62. The molecule has 4 atom stereocenters. The van der Waals surface area contributed by atoms with E-state index in [1.165, 1.54) is 12.3 Å². The molecule has 0 aliphatic carbocycles. The highest BCUT2D eigenvalue weighted by molar-refractivity contribution is 7.43. The van der Waals surface area contributed by atoms with E-state index in [0.717, 1.165) is 28.5 Å². The van der Waals surface area contributed by atoms with Crippen molar-refractivity contribution in [2.75, 3.05) is 0 Å². The fourth-order valence-electron chi connectivity index (χ4n) is 3.25. The fraction of sp³-hybridized carbons (Fsp3) is 0.250. The molecule has 2 heteroatoms. The van der Waals surface area contributed by atoms with Crippen LogP contribution in [0.3, 0.4) is 0 Å². The first-order chi connectivity index (χ1) is 8.93. The minimum absolute atomic E-state index is 0.809. The second-order valence-electron chi connectivity index (χ2n) is 5.11. The molecule has 0 fully saturated rings. The standard InChI is InChI=1S/C16H16P2/c1-3-7-13-11(5-1)9-17-15(13)16-14-8-4-2-6-12(14)10-18-16/h1-8,15-18H,9-10H2. The van der Waals surface area contributed by atoms with Crippen LogP contribution in [-0.4, -0.2) is 0 Å². The van der Waals surface area contributed by atoms with Gasteiger partial charge < -0.3 is 0 Å². The van der Waals surface area contributed by atoms with Gasteiger partial charge in [0, 0.05) is 11.3 Å². The first-order valence-electron chi connectivity index (χ1n) is 6.56. The first-order valence-corrected chi connectivity index (χ1v) is 9.13. The molecule has 2 aliphatic heterocycles. The average Bonchev–Trinajstić information content (AvgIpc) is 3.01. The molecule has 0 bridgehead atoms. The van der Waals surface area contributed by atoms with Gasteiger partial charge >= 0.3 is 0 Å². The molecule has 0 aromatic heterocycles. The summed E-state index contributed by atoms with van der Waals surface area (Å²) < 4.78 is 0. The van der Waals surface area contributed by atoms with E-state index in [1.54, 1.807) is 22.3 Å². The van der Waals surface area contributed by atoms with E-state index in [4.69, 9.17) is 0 Å². The smallest absolute Gasteiger partial charge is 0.0126 e. The number of hydrogen-bond donors (Lipinski definition) is 0. The SMILES string of the molecule is c1ccc2c(c1)CPC2C1PCc2ccccc21.